The lowest BCUT2D eigenvalue weighted by molar-refractivity contribution is -0.143. The van der Waals surface area contributed by atoms with Gasteiger partial charge in [-0.2, -0.15) is 0 Å². The zero-order valence-corrected chi connectivity index (χ0v) is 13.0. The van der Waals surface area contributed by atoms with Crippen LogP contribution in [0.1, 0.15) is 0 Å². The Kier molecular flexibility index (Phi) is 4.71. The summed E-state index contributed by atoms with van der Waals surface area (Å²) in [5.74, 6) is -2.54. The molecule has 114 valence electrons. The number of nitrogens with zero attached hydrogens (tertiary/aromatic N) is 2. The number of urea groups is 1. The predicted octanol–water partition coefficient (Wildman–Crippen LogP) is 1.36. The number of nitrogens with one attached hydrogen (secondary N) is 1. The van der Waals surface area contributed by atoms with Crippen molar-refractivity contribution in [2.24, 2.45) is 0 Å². The average Bonchev–Trinajstić information content (AvgIpc) is 2.68. The Morgan fingerprint density at radius 3 is 2.32 bits per heavy atom. The van der Waals surface area contributed by atoms with E-state index in [1.807, 2.05) is 0 Å². The van der Waals surface area contributed by atoms with Crippen molar-refractivity contribution >= 4 is 45.4 Å². The fourth-order valence-corrected chi connectivity index (χ4v) is 2.12. The quantitative estimate of drug-likeness (QED) is 0.484. The molecule has 0 radical (unpaired) electrons. The zero-order chi connectivity index (χ0) is 16.3. The van der Waals surface area contributed by atoms with Gasteiger partial charge in [0.2, 0.25) is 5.91 Å². The first-order valence-electron chi connectivity index (χ1n) is 6.27. The Hall–Kier alpha value is -2.48. The van der Waals surface area contributed by atoms with Gasteiger partial charge in [-0.25, -0.2) is 9.69 Å². The molecule has 1 heterocycles. The van der Waals surface area contributed by atoms with Crippen LogP contribution in [0.4, 0.5) is 10.5 Å². The van der Waals surface area contributed by atoms with Gasteiger partial charge >= 0.3 is 17.8 Å². The molecule has 0 aliphatic carbocycles. The molecule has 22 heavy (non-hydrogen) atoms. The number of benzene rings is 1. The number of rotatable bonds is 5. The molecular weight excluding hydrogens is 354 g/mol. The minimum atomic E-state index is -1.02. The largest absolute Gasteiger partial charge is 0.335 e. The van der Waals surface area contributed by atoms with Crippen LogP contribution in [-0.4, -0.2) is 46.6 Å². The molecule has 0 aromatic heterocycles. The Balaban J connectivity index is 2.03. The maximum Gasteiger partial charge on any atom is 0.335 e. The average molecular weight is 366 g/mol. The highest BCUT2D eigenvalue weighted by Crippen LogP contribution is 2.15. The number of amides is 5. The topological polar surface area (TPSA) is 86.8 Å². The Morgan fingerprint density at radius 2 is 1.73 bits per heavy atom. The van der Waals surface area contributed by atoms with E-state index in [9.17, 15) is 19.2 Å². The van der Waals surface area contributed by atoms with Crippen LogP contribution in [0, 0.1) is 0 Å². The molecule has 0 saturated carbocycles. The normalized spacial score (nSPS) is 14.5. The summed E-state index contributed by atoms with van der Waals surface area (Å²) in [6.45, 7) is 2.81. The molecular formula is C14H12BrN3O4. The molecule has 1 aromatic rings. The highest BCUT2D eigenvalue weighted by molar-refractivity contribution is 9.10. The molecule has 5 amide bonds. The van der Waals surface area contributed by atoms with Gasteiger partial charge in [0.1, 0.15) is 6.54 Å². The van der Waals surface area contributed by atoms with Gasteiger partial charge in [0.25, 0.3) is 0 Å². The molecule has 1 aliphatic heterocycles. The second-order valence-corrected chi connectivity index (χ2v) is 5.35. The van der Waals surface area contributed by atoms with E-state index in [0.717, 1.165) is 9.37 Å². The summed E-state index contributed by atoms with van der Waals surface area (Å²) in [7, 11) is 0. The number of hydrogen-bond acceptors (Lipinski definition) is 4. The second kappa shape index (κ2) is 6.52. The minimum absolute atomic E-state index is 0.0752. The molecule has 1 saturated heterocycles. The number of halogens is 1. The SMILES string of the molecule is C=CCN1C(=O)C(=O)N(CC(=O)Nc2ccc(Br)cc2)C1=O. The standard InChI is InChI=1S/C14H12BrN3O4/c1-2-7-17-12(20)13(21)18(14(17)22)8-11(19)16-10-5-3-9(15)4-6-10/h2-6H,1,7-8H2,(H,16,19). The Labute approximate surface area is 134 Å². The van der Waals surface area contributed by atoms with E-state index in [1.165, 1.54) is 6.08 Å². The molecule has 0 unspecified atom stereocenters. The summed E-state index contributed by atoms with van der Waals surface area (Å²) in [6.07, 6.45) is 1.33. The van der Waals surface area contributed by atoms with Crippen molar-refractivity contribution in [1.29, 1.82) is 0 Å². The van der Waals surface area contributed by atoms with Crippen LogP contribution in [0.3, 0.4) is 0 Å². The number of hydrogen-bond donors (Lipinski definition) is 1. The molecule has 0 atom stereocenters. The third-order valence-corrected chi connectivity index (χ3v) is 3.41. The lowest BCUT2D eigenvalue weighted by atomic mass is 10.3. The molecule has 0 spiro atoms. The third-order valence-electron chi connectivity index (χ3n) is 2.88. The summed E-state index contributed by atoms with van der Waals surface area (Å²) in [5.41, 5.74) is 0.515. The van der Waals surface area contributed by atoms with E-state index >= 15 is 0 Å². The Bertz CT molecular complexity index is 657. The third kappa shape index (κ3) is 3.22. The van der Waals surface area contributed by atoms with Crippen molar-refractivity contribution in [3.05, 3.63) is 41.4 Å². The van der Waals surface area contributed by atoms with Gasteiger partial charge in [-0.15, -0.1) is 6.58 Å². The van der Waals surface area contributed by atoms with Crippen molar-refractivity contribution in [1.82, 2.24) is 9.80 Å². The molecule has 1 fully saturated rings. The summed E-state index contributed by atoms with van der Waals surface area (Å²) < 4.78 is 0.848. The fraction of sp³-hybridized carbons (Fsp3) is 0.143. The zero-order valence-electron chi connectivity index (χ0n) is 11.4. The fourth-order valence-electron chi connectivity index (χ4n) is 1.86. The van der Waals surface area contributed by atoms with Crippen molar-refractivity contribution in [3.8, 4) is 0 Å². The van der Waals surface area contributed by atoms with Crippen molar-refractivity contribution in [2.45, 2.75) is 0 Å². The molecule has 8 heteroatoms. The maximum atomic E-state index is 11.9. The van der Waals surface area contributed by atoms with Crippen molar-refractivity contribution in [2.75, 3.05) is 18.4 Å². The number of imide groups is 2. The summed E-state index contributed by atoms with van der Waals surface area (Å²) in [5, 5.41) is 2.54. The second-order valence-electron chi connectivity index (χ2n) is 4.43. The van der Waals surface area contributed by atoms with Gasteiger partial charge in [-0.1, -0.05) is 22.0 Å². The van der Waals surface area contributed by atoms with Crippen LogP contribution >= 0.6 is 15.9 Å². The highest BCUT2D eigenvalue weighted by Gasteiger charge is 2.44. The minimum Gasteiger partial charge on any atom is -0.325 e. The van der Waals surface area contributed by atoms with Gasteiger partial charge in [-0.05, 0) is 24.3 Å². The molecule has 1 N–H and O–H groups in total. The van der Waals surface area contributed by atoms with Crippen LogP contribution in [0.15, 0.2) is 41.4 Å². The van der Waals surface area contributed by atoms with Gasteiger partial charge < -0.3 is 5.32 Å². The van der Waals surface area contributed by atoms with Crippen LogP contribution < -0.4 is 5.32 Å². The first-order valence-corrected chi connectivity index (χ1v) is 7.07. The Morgan fingerprint density at radius 1 is 1.14 bits per heavy atom. The summed E-state index contributed by atoms with van der Waals surface area (Å²) in [4.78, 5) is 48.5. The maximum absolute atomic E-state index is 11.9. The van der Waals surface area contributed by atoms with E-state index in [0.29, 0.717) is 10.6 Å². The molecule has 2 rings (SSSR count). The van der Waals surface area contributed by atoms with Crippen LogP contribution in [0.5, 0.6) is 0 Å². The number of carbonyl (C=O) groups excluding carboxylic acids is 4. The molecule has 1 aromatic carbocycles. The number of carbonyl (C=O) groups is 4. The van der Waals surface area contributed by atoms with Crippen LogP contribution in [0.25, 0.3) is 0 Å². The lowest BCUT2D eigenvalue weighted by Gasteiger charge is -2.14. The summed E-state index contributed by atoms with van der Waals surface area (Å²) in [6, 6.07) is 5.96. The molecule has 0 bridgehead atoms. The van der Waals surface area contributed by atoms with Gasteiger partial charge in [0.05, 0.1) is 0 Å². The lowest BCUT2D eigenvalue weighted by Crippen LogP contribution is -2.39. The number of anilines is 1. The van der Waals surface area contributed by atoms with E-state index in [1.54, 1.807) is 24.3 Å². The van der Waals surface area contributed by atoms with E-state index in [4.69, 9.17) is 0 Å². The van der Waals surface area contributed by atoms with E-state index in [2.05, 4.69) is 27.8 Å². The first-order chi connectivity index (χ1) is 10.4. The highest BCUT2D eigenvalue weighted by atomic mass is 79.9. The van der Waals surface area contributed by atoms with Gasteiger partial charge in [0.15, 0.2) is 0 Å². The van der Waals surface area contributed by atoms with E-state index in [-0.39, 0.29) is 6.54 Å². The summed E-state index contributed by atoms with van der Waals surface area (Å²) >= 11 is 3.26. The van der Waals surface area contributed by atoms with Gasteiger partial charge in [-0.3, -0.25) is 19.3 Å². The van der Waals surface area contributed by atoms with Crippen LogP contribution in [-0.2, 0) is 14.4 Å². The smallest absolute Gasteiger partial charge is 0.325 e. The monoisotopic (exact) mass is 365 g/mol. The first kappa shape index (κ1) is 15.9. The van der Waals surface area contributed by atoms with Gasteiger partial charge in [0, 0.05) is 16.7 Å². The molecule has 7 nitrogen and oxygen atoms in total. The van der Waals surface area contributed by atoms with Crippen LogP contribution in [0.2, 0.25) is 0 Å². The van der Waals surface area contributed by atoms with Crippen molar-refractivity contribution in [3.63, 3.8) is 0 Å². The van der Waals surface area contributed by atoms with E-state index < -0.39 is 30.3 Å². The predicted molar refractivity (Wildman–Crippen MR) is 81.8 cm³/mol. The van der Waals surface area contributed by atoms with Crippen molar-refractivity contribution < 1.29 is 19.2 Å². The molecule has 1 aliphatic rings.